The van der Waals surface area contributed by atoms with Gasteiger partial charge < -0.3 is 14.4 Å². The maximum absolute atomic E-state index is 13.2. The number of hydrogen-bond acceptors (Lipinski definition) is 5. The van der Waals surface area contributed by atoms with Crippen LogP contribution in [0.4, 0.5) is 5.69 Å². The third-order valence-corrected chi connectivity index (χ3v) is 7.44. The number of carbonyl (C=O) groups excluding carboxylic acids is 1. The van der Waals surface area contributed by atoms with Crippen LogP contribution in [0.3, 0.4) is 0 Å². The summed E-state index contributed by atoms with van der Waals surface area (Å²) < 4.78 is 38.5. The van der Waals surface area contributed by atoms with E-state index in [-0.39, 0.29) is 10.8 Å². The summed E-state index contributed by atoms with van der Waals surface area (Å²) in [6, 6.07) is 11.4. The molecule has 2 atom stereocenters. The number of anilines is 1. The molecule has 2 aromatic carbocycles. The van der Waals surface area contributed by atoms with Gasteiger partial charge in [0.15, 0.2) is 11.5 Å². The molecule has 3 rings (SSSR count). The Bertz CT molecular complexity index is 1040. The van der Waals surface area contributed by atoms with Crippen LogP contribution in [-0.2, 0) is 10.0 Å². The molecule has 8 heteroatoms. The molecule has 0 bridgehead atoms. The average Bonchev–Trinajstić information content (AvgIpc) is 2.77. The molecule has 0 N–H and O–H groups in total. The first-order chi connectivity index (χ1) is 14.7. The van der Waals surface area contributed by atoms with Crippen LogP contribution in [0, 0.1) is 11.8 Å². The van der Waals surface area contributed by atoms with Crippen LogP contribution >= 0.6 is 0 Å². The smallest absolute Gasteiger partial charge is 0.258 e. The van der Waals surface area contributed by atoms with E-state index in [1.54, 1.807) is 50.6 Å². The molecule has 2 aromatic rings. The van der Waals surface area contributed by atoms with Crippen LogP contribution in [0.25, 0.3) is 0 Å². The third kappa shape index (κ3) is 4.85. The van der Waals surface area contributed by atoms with Crippen molar-refractivity contribution < 1.29 is 22.7 Å². The molecule has 1 saturated heterocycles. The zero-order chi connectivity index (χ0) is 22.8. The van der Waals surface area contributed by atoms with E-state index in [0.29, 0.717) is 47.7 Å². The molecular formula is C23H30N2O5S. The Hall–Kier alpha value is -2.58. The lowest BCUT2D eigenvalue weighted by atomic mass is 9.94. The average molecular weight is 447 g/mol. The summed E-state index contributed by atoms with van der Waals surface area (Å²) in [5.41, 5.74) is 0.908. The summed E-state index contributed by atoms with van der Waals surface area (Å²) in [6.07, 6.45) is 1.01. The molecule has 2 unspecified atom stereocenters. The Balaban J connectivity index is 1.88. The summed E-state index contributed by atoms with van der Waals surface area (Å²) in [5.74, 6) is 1.36. The second-order valence-electron chi connectivity index (χ2n) is 8.20. The highest BCUT2D eigenvalue weighted by Gasteiger charge is 2.32. The fraction of sp³-hybridized carbons (Fsp3) is 0.435. The minimum Gasteiger partial charge on any atom is -0.493 e. The Labute approximate surface area is 184 Å². The van der Waals surface area contributed by atoms with Gasteiger partial charge in [0.2, 0.25) is 10.0 Å². The topological polar surface area (TPSA) is 76.2 Å². The first-order valence-corrected chi connectivity index (χ1v) is 11.7. The summed E-state index contributed by atoms with van der Waals surface area (Å²) in [4.78, 5) is 14.7. The van der Waals surface area contributed by atoms with Gasteiger partial charge in [0.05, 0.1) is 19.1 Å². The Morgan fingerprint density at radius 1 is 1.00 bits per heavy atom. The van der Waals surface area contributed by atoms with Crippen LogP contribution in [0.15, 0.2) is 47.4 Å². The van der Waals surface area contributed by atoms with Crippen molar-refractivity contribution in [2.24, 2.45) is 11.8 Å². The molecule has 1 fully saturated rings. The number of ether oxygens (including phenoxy) is 2. The molecular weight excluding hydrogens is 416 g/mol. The highest BCUT2D eigenvalue weighted by molar-refractivity contribution is 7.89. The summed E-state index contributed by atoms with van der Waals surface area (Å²) in [6.45, 7) is 5.12. The Morgan fingerprint density at radius 3 is 2.26 bits per heavy atom. The largest absolute Gasteiger partial charge is 0.493 e. The fourth-order valence-corrected chi connectivity index (χ4v) is 5.81. The summed E-state index contributed by atoms with van der Waals surface area (Å²) >= 11 is 0. The summed E-state index contributed by atoms with van der Waals surface area (Å²) in [7, 11) is 1.04. The minimum absolute atomic E-state index is 0.139. The van der Waals surface area contributed by atoms with E-state index in [1.807, 2.05) is 0 Å². The Kier molecular flexibility index (Phi) is 6.91. The number of rotatable bonds is 6. The zero-order valence-corrected chi connectivity index (χ0v) is 19.5. The van der Waals surface area contributed by atoms with Gasteiger partial charge in [-0.25, -0.2) is 8.42 Å². The normalized spacial score (nSPS) is 19.6. The number of benzene rings is 2. The van der Waals surface area contributed by atoms with Crippen molar-refractivity contribution in [1.82, 2.24) is 4.31 Å². The van der Waals surface area contributed by atoms with Crippen LogP contribution in [0.1, 0.15) is 30.6 Å². The number of sulfonamides is 1. The zero-order valence-electron chi connectivity index (χ0n) is 18.7. The van der Waals surface area contributed by atoms with E-state index in [0.717, 1.165) is 6.42 Å². The van der Waals surface area contributed by atoms with E-state index in [9.17, 15) is 13.2 Å². The standard InChI is InChI=1S/C23H30N2O5S/c1-16-11-17(2)15-25(14-16)31(27,28)20-8-6-7-18(12-20)23(26)24(3)19-9-10-21(29-4)22(13-19)30-5/h6-10,12-13,16-17H,11,14-15H2,1-5H3. The van der Waals surface area contributed by atoms with Crippen LogP contribution in [0.5, 0.6) is 11.5 Å². The number of nitrogens with zero attached hydrogens (tertiary/aromatic N) is 2. The van der Waals surface area contributed by atoms with E-state index >= 15 is 0 Å². The molecule has 1 amide bonds. The van der Waals surface area contributed by atoms with Gasteiger partial charge in [-0.2, -0.15) is 4.31 Å². The quantitative estimate of drug-likeness (QED) is 0.677. The first kappa shape index (κ1) is 23.1. The van der Waals surface area contributed by atoms with Gasteiger partial charge in [-0.3, -0.25) is 4.79 Å². The van der Waals surface area contributed by atoms with Crippen molar-refractivity contribution in [2.45, 2.75) is 25.2 Å². The number of amides is 1. The van der Waals surface area contributed by atoms with Crippen molar-refractivity contribution in [3.63, 3.8) is 0 Å². The van der Waals surface area contributed by atoms with E-state index in [1.165, 1.54) is 22.4 Å². The maximum atomic E-state index is 13.2. The molecule has 0 spiro atoms. The third-order valence-electron chi connectivity index (χ3n) is 5.61. The first-order valence-electron chi connectivity index (χ1n) is 10.3. The predicted molar refractivity (Wildman–Crippen MR) is 120 cm³/mol. The lowest BCUT2D eigenvalue weighted by molar-refractivity contribution is 0.0992. The van der Waals surface area contributed by atoms with Gasteiger partial charge in [0.25, 0.3) is 5.91 Å². The molecule has 7 nitrogen and oxygen atoms in total. The van der Waals surface area contributed by atoms with Crippen molar-refractivity contribution in [3.8, 4) is 11.5 Å². The molecule has 1 aliphatic rings. The molecule has 1 aliphatic heterocycles. The van der Waals surface area contributed by atoms with E-state index in [4.69, 9.17) is 9.47 Å². The number of hydrogen-bond donors (Lipinski definition) is 0. The van der Waals surface area contributed by atoms with Crippen LogP contribution < -0.4 is 14.4 Å². The Morgan fingerprint density at radius 2 is 1.65 bits per heavy atom. The van der Waals surface area contributed by atoms with E-state index < -0.39 is 10.0 Å². The number of carbonyl (C=O) groups is 1. The predicted octanol–water partition coefficient (Wildman–Crippen LogP) is 3.65. The highest BCUT2D eigenvalue weighted by atomic mass is 32.2. The van der Waals surface area contributed by atoms with Gasteiger partial charge in [-0.05, 0) is 48.6 Å². The second-order valence-corrected chi connectivity index (χ2v) is 10.1. The van der Waals surface area contributed by atoms with Gasteiger partial charge in [0, 0.05) is 37.5 Å². The fourth-order valence-electron chi connectivity index (χ4n) is 4.09. The lowest BCUT2D eigenvalue weighted by Gasteiger charge is -2.34. The molecule has 1 heterocycles. The van der Waals surface area contributed by atoms with E-state index in [2.05, 4.69) is 13.8 Å². The number of methoxy groups -OCH3 is 2. The van der Waals surface area contributed by atoms with Gasteiger partial charge >= 0.3 is 0 Å². The van der Waals surface area contributed by atoms with Crippen LogP contribution in [-0.4, -0.2) is 53.0 Å². The van der Waals surface area contributed by atoms with Gasteiger partial charge in [-0.1, -0.05) is 19.9 Å². The SMILES string of the molecule is COc1ccc(N(C)C(=O)c2cccc(S(=O)(=O)N3CC(C)CC(C)C3)c2)cc1OC. The van der Waals surface area contributed by atoms with Crippen molar-refractivity contribution in [2.75, 3.05) is 39.3 Å². The van der Waals surface area contributed by atoms with Crippen molar-refractivity contribution in [3.05, 3.63) is 48.0 Å². The minimum atomic E-state index is -3.67. The number of piperidine rings is 1. The highest BCUT2D eigenvalue weighted by Crippen LogP contribution is 2.32. The second kappa shape index (κ2) is 9.28. The molecule has 0 aromatic heterocycles. The van der Waals surface area contributed by atoms with Gasteiger partial charge in [0.1, 0.15) is 0 Å². The molecule has 168 valence electrons. The molecule has 0 radical (unpaired) electrons. The van der Waals surface area contributed by atoms with Crippen molar-refractivity contribution >= 4 is 21.6 Å². The summed E-state index contributed by atoms with van der Waals surface area (Å²) in [5, 5.41) is 0. The maximum Gasteiger partial charge on any atom is 0.258 e. The lowest BCUT2D eigenvalue weighted by Crippen LogP contribution is -2.42. The van der Waals surface area contributed by atoms with Crippen LogP contribution in [0.2, 0.25) is 0 Å². The molecule has 0 aliphatic carbocycles. The van der Waals surface area contributed by atoms with Gasteiger partial charge in [-0.15, -0.1) is 0 Å². The molecule has 31 heavy (non-hydrogen) atoms. The van der Waals surface area contributed by atoms with Crippen molar-refractivity contribution in [1.29, 1.82) is 0 Å². The monoisotopic (exact) mass is 446 g/mol. The molecule has 0 saturated carbocycles.